The molecule has 3 rings (SSSR count). The number of tetrazole rings is 1. The molecular weight excluding hydrogens is 293 g/mol. The van der Waals surface area contributed by atoms with Crippen LogP contribution in [0.5, 0.6) is 0 Å². The number of hydrogen-bond acceptors (Lipinski definition) is 4. The number of nitrogens with two attached hydrogens (primary N) is 1. The Kier molecular flexibility index (Phi) is 3.53. The molecule has 0 fully saturated rings. The number of nitrogen functional groups attached to an aromatic ring is 1. The lowest BCUT2D eigenvalue weighted by Crippen LogP contribution is -2.05. The maximum Gasteiger partial charge on any atom is 0.185 e. The normalized spacial score (nSPS) is 10.8. The number of anilines is 1. The zero-order valence-corrected chi connectivity index (χ0v) is 11.6. The minimum absolute atomic E-state index is 0.272. The van der Waals surface area contributed by atoms with Crippen molar-refractivity contribution in [3.05, 3.63) is 58.9 Å². The first kappa shape index (κ1) is 13.5. The molecule has 0 aliphatic rings. The molecule has 0 spiro atoms. The van der Waals surface area contributed by atoms with E-state index in [1.165, 1.54) is 22.9 Å². The first-order valence-corrected chi connectivity index (χ1v) is 6.57. The van der Waals surface area contributed by atoms with Crippen molar-refractivity contribution in [3.8, 4) is 11.4 Å². The summed E-state index contributed by atoms with van der Waals surface area (Å²) in [5, 5.41) is 12.0. The van der Waals surface area contributed by atoms with Crippen LogP contribution in [0.2, 0.25) is 5.02 Å². The molecule has 0 radical (unpaired) electrons. The van der Waals surface area contributed by atoms with Gasteiger partial charge in [-0.1, -0.05) is 23.7 Å². The van der Waals surface area contributed by atoms with Gasteiger partial charge < -0.3 is 5.73 Å². The van der Waals surface area contributed by atoms with Crippen LogP contribution in [-0.4, -0.2) is 20.2 Å². The lowest BCUT2D eigenvalue weighted by atomic mass is 10.1. The van der Waals surface area contributed by atoms with Crippen LogP contribution in [0.3, 0.4) is 0 Å². The molecule has 0 atom stereocenters. The summed E-state index contributed by atoms with van der Waals surface area (Å²) in [6, 6.07) is 11.6. The molecule has 0 aliphatic heterocycles. The Hall–Kier alpha value is -2.47. The summed E-state index contributed by atoms with van der Waals surface area (Å²) < 4.78 is 15.4. The minimum Gasteiger partial charge on any atom is -0.399 e. The number of nitrogens with zero attached hydrogens (tertiary/aromatic N) is 4. The highest BCUT2D eigenvalue weighted by atomic mass is 35.5. The van der Waals surface area contributed by atoms with E-state index in [1.54, 1.807) is 12.1 Å². The fourth-order valence-corrected chi connectivity index (χ4v) is 2.11. The van der Waals surface area contributed by atoms with Crippen LogP contribution in [-0.2, 0) is 6.54 Å². The molecular formula is C14H11ClFN5. The third-order valence-corrected chi connectivity index (χ3v) is 3.26. The average molecular weight is 304 g/mol. The molecule has 0 unspecified atom stereocenters. The topological polar surface area (TPSA) is 69.6 Å². The second-order valence-electron chi connectivity index (χ2n) is 4.53. The zero-order valence-electron chi connectivity index (χ0n) is 10.9. The van der Waals surface area contributed by atoms with Crippen LogP contribution in [0, 0.1) is 5.82 Å². The lowest BCUT2D eigenvalue weighted by Gasteiger charge is -2.06. The van der Waals surface area contributed by atoms with Gasteiger partial charge in [-0.15, -0.1) is 5.10 Å². The van der Waals surface area contributed by atoms with Gasteiger partial charge in [0.15, 0.2) is 5.82 Å². The Balaban J connectivity index is 1.97. The molecule has 2 N–H and O–H groups in total. The Labute approximate surface area is 125 Å². The summed E-state index contributed by atoms with van der Waals surface area (Å²) in [5.41, 5.74) is 7.37. The second kappa shape index (κ2) is 5.49. The highest BCUT2D eigenvalue weighted by Gasteiger charge is 2.14. The fourth-order valence-electron chi connectivity index (χ4n) is 1.98. The minimum atomic E-state index is -0.420. The summed E-state index contributed by atoms with van der Waals surface area (Å²) in [6.45, 7) is 0.410. The third-order valence-electron chi connectivity index (χ3n) is 3.01. The largest absolute Gasteiger partial charge is 0.399 e. The van der Waals surface area contributed by atoms with Gasteiger partial charge in [-0.05, 0) is 46.3 Å². The van der Waals surface area contributed by atoms with Crippen molar-refractivity contribution in [1.29, 1.82) is 0 Å². The number of halogens is 2. The predicted octanol–water partition coefficient (Wildman–Crippen LogP) is 2.76. The molecule has 0 saturated carbocycles. The maximum absolute atomic E-state index is 13.9. The van der Waals surface area contributed by atoms with Crippen molar-refractivity contribution < 1.29 is 4.39 Å². The van der Waals surface area contributed by atoms with Crippen molar-refractivity contribution in [2.24, 2.45) is 0 Å². The van der Waals surface area contributed by atoms with Crippen molar-refractivity contribution in [3.63, 3.8) is 0 Å². The SMILES string of the molecule is Nc1ccc(F)c(-c2nnnn2Cc2ccc(Cl)cc2)c1. The van der Waals surface area contributed by atoms with Crippen LogP contribution in [0.1, 0.15) is 5.56 Å². The quantitative estimate of drug-likeness (QED) is 0.755. The van der Waals surface area contributed by atoms with Gasteiger partial charge in [-0.3, -0.25) is 0 Å². The molecule has 1 heterocycles. The molecule has 2 aromatic carbocycles. The first-order valence-electron chi connectivity index (χ1n) is 6.19. The summed E-state index contributed by atoms with van der Waals surface area (Å²) in [6.07, 6.45) is 0. The van der Waals surface area contributed by atoms with Gasteiger partial charge in [0.2, 0.25) is 0 Å². The monoisotopic (exact) mass is 303 g/mol. The van der Waals surface area contributed by atoms with E-state index in [2.05, 4.69) is 15.5 Å². The van der Waals surface area contributed by atoms with E-state index < -0.39 is 5.82 Å². The smallest absolute Gasteiger partial charge is 0.185 e. The summed E-state index contributed by atoms with van der Waals surface area (Å²) in [7, 11) is 0. The molecule has 21 heavy (non-hydrogen) atoms. The Morgan fingerprint density at radius 3 is 2.67 bits per heavy atom. The third kappa shape index (κ3) is 2.85. The molecule has 7 heteroatoms. The second-order valence-corrected chi connectivity index (χ2v) is 4.96. The standard InChI is InChI=1S/C14H11ClFN5/c15-10-3-1-9(2-4-10)8-21-14(18-19-20-21)12-7-11(17)5-6-13(12)16/h1-7H,8,17H2. The maximum atomic E-state index is 13.9. The van der Waals surface area contributed by atoms with Gasteiger partial charge in [0, 0.05) is 10.7 Å². The zero-order chi connectivity index (χ0) is 14.8. The molecule has 3 aromatic rings. The van der Waals surface area contributed by atoms with Crippen molar-refractivity contribution in [2.45, 2.75) is 6.54 Å². The summed E-state index contributed by atoms with van der Waals surface area (Å²) in [5.74, 6) is -0.0916. The molecule has 1 aromatic heterocycles. The Bertz CT molecular complexity index is 769. The van der Waals surface area contributed by atoms with E-state index in [4.69, 9.17) is 17.3 Å². The van der Waals surface area contributed by atoms with Gasteiger partial charge in [-0.25, -0.2) is 9.07 Å². The van der Waals surface area contributed by atoms with Crippen molar-refractivity contribution in [2.75, 3.05) is 5.73 Å². The summed E-state index contributed by atoms with van der Waals surface area (Å²) >= 11 is 5.85. The highest BCUT2D eigenvalue weighted by Crippen LogP contribution is 2.23. The first-order chi connectivity index (χ1) is 10.1. The molecule has 0 saturated heterocycles. The van der Waals surface area contributed by atoms with Gasteiger partial charge in [-0.2, -0.15) is 0 Å². The molecule has 0 bridgehead atoms. The van der Waals surface area contributed by atoms with Crippen LogP contribution >= 0.6 is 11.6 Å². The number of rotatable bonds is 3. The predicted molar refractivity (Wildman–Crippen MR) is 78.2 cm³/mol. The number of hydrogen-bond donors (Lipinski definition) is 1. The lowest BCUT2D eigenvalue weighted by molar-refractivity contribution is 0.621. The van der Waals surface area contributed by atoms with Gasteiger partial charge in [0.25, 0.3) is 0 Å². The van der Waals surface area contributed by atoms with Crippen LogP contribution in [0.4, 0.5) is 10.1 Å². The van der Waals surface area contributed by atoms with Crippen LogP contribution < -0.4 is 5.73 Å². The van der Waals surface area contributed by atoms with Crippen molar-refractivity contribution in [1.82, 2.24) is 20.2 Å². The van der Waals surface area contributed by atoms with Gasteiger partial charge in [0.1, 0.15) is 5.82 Å². The van der Waals surface area contributed by atoms with Crippen molar-refractivity contribution >= 4 is 17.3 Å². The van der Waals surface area contributed by atoms with E-state index >= 15 is 0 Å². The Morgan fingerprint density at radius 2 is 1.90 bits per heavy atom. The molecule has 106 valence electrons. The molecule has 0 amide bonds. The molecule has 5 nitrogen and oxygen atoms in total. The van der Waals surface area contributed by atoms with Gasteiger partial charge >= 0.3 is 0 Å². The fraction of sp³-hybridized carbons (Fsp3) is 0.0714. The number of aromatic nitrogens is 4. The summed E-state index contributed by atoms with van der Waals surface area (Å²) in [4.78, 5) is 0. The number of benzene rings is 2. The van der Waals surface area contributed by atoms with Gasteiger partial charge in [0.05, 0.1) is 12.1 Å². The highest BCUT2D eigenvalue weighted by molar-refractivity contribution is 6.30. The van der Waals surface area contributed by atoms with E-state index in [1.807, 2.05) is 12.1 Å². The molecule has 0 aliphatic carbocycles. The van der Waals surface area contributed by atoms with Crippen LogP contribution in [0.25, 0.3) is 11.4 Å². The van der Waals surface area contributed by atoms with E-state index in [0.717, 1.165) is 5.56 Å². The van der Waals surface area contributed by atoms with E-state index in [0.29, 0.717) is 23.1 Å². The average Bonchev–Trinajstić information content (AvgIpc) is 2.92. The van der Waals surface area contributed by atoms with Crippen LogP contribution in [0.15, 0.2) is 42.5 Å². The van der Waals surface area contributed by atoms with E-state index in [9.17, 15) is 4.39 Å². The van der Waals surface area contributed by atoms with E-state index in [-0.39, 0.29) is 5.56 Å². The Morgan fingerprint density at radius 1 is 1.14 bits per heavy atom.